The van der Waals surface area contributed by atoms with Crippen LogP contribution in [0.15, 0.2) is 42.5 Å². The monoisotopic (exact) mass is 449 g/mol. The molecule has 9 heteroatoms. The lowest BCUT2D eigenvalue weighted by molar-refractivity contribution is -0.277. The van der Waals surface area contributed by atoms with Crippen molar-refractivity contribution in [2.75, 3.05) is 27.4 Å². The highest BCUT2D eigenvalue weighted by Crippen LogP contribution is 2.27. The molecule has 3 rings (SSSR count). The number of ether oxygens (including phenoxy) is 4. The molecule has 176 valence electrons. The Bertz CT molecular complexity index is 844. The van der Waals surface area contributed by atoms with E-state index in [2.05, 4.69) is 5.32 Å². The summed E-state index contributed by atoms with van der Waals surface area (Å²) in [5, 5.41) is 42.4. The number of hydrogen-bond donors (Lipinski definition) is 5. The van der Waals surface area contributed by atoms with Gasteiger partial charge in [-0.2, -0.15) is 0 Å². The number of benzene rings is 2. The Labute approximate surface area is 187 Å². The van der Waals surface area contributed by atoms with E-state index in [4.69, 9.17) is 18.9 Å². The molecule has 1 fully saturated rings. The Kier molecular flexibility index (Phi) is 8.68. The van der Waals surface area contributed by atoms with Crippen LogP contribution in [0.25, 0.3) is 0 Å². The molecule has 0 amide bonds. The number of aliphatic hydroxyl groups excluding tert-OH is 4. The van der Waals surface area contributed by atoms with Crippen LogP contribution in [0, 0.1) is 0 Å². The average Bonchev–Trinajstić information content (AvgIpc) is 2.82. The van der Waals surface area contributed by atoms with E-state index in [1.165, 1.54) is 0 Å². The normalized spacial score (nSPS) is 25.4. The van der Waals surface area contributed by atoms with Crippen LogP contribution in [0.2, 0.25) is 0 Å². The minimum atomic E-state index is -1.47. The maximum atomic E-state index is 10.1. The Hall–Kier alpha value is -2.40. The SMILES string of the molecule is COc1ccc(CNCCc2ccc(O[C@@H]3O[C@H](CO)[C@@H](O)[C@@H](O)[C@@H]3O)cc2)cc1OC. The molecule has 0 aliphatic carbocycles. The summed E-state index contributed by atoms with van der Waals surface area (Å²) in [7, 11) is 3.22. The minimum absolute atomic E-state index is 0.441. The topological polar surface area (TPSA) is 130 Å². The highest BCUT2D eigenvalue weighted by molar-refractivity contribution is 5.42. The van der Waals surface area contributed by atoms with E-state index in [0.29, 0.717) is 23.8 Å². The van der Waals surface area contributed by atoms with Gasteiger partial charge in [-0.1, -0.05) is 18.2 Å². The largest absolute Gasteiger partial charge is 0.493 e. The fraction of sp³-hybridized carbons (Fsp3) is 0.478. The van der Waals surface area contributed by atoms with E-state index >= 15 is 0 Å². The fourth-order valence-electron chi connectivity index (χ4n) is 3.49. The summed E-state index contributed by atoms with van der Waals surface area (Å²) in [6, 6.07) is 13.1. The van der Waals surface area contributed by atoms with E-state index in [9.17, 15) is 20.4 Å². The van der Waals surface area contributed by atoms with Crippen molar-refractivity contribution in [3.05, 3.63) is 53.6 Å². The molecule has 1 heterocycles. The average molecular weight is 450 g/mol. The van der Waals surface area contributed by atoms with Gasteiger partial charge in [-0.05, 0) is 48.4 Å². The van der Waals surface area contributed by atoms with Crippen molar-refractivity contribution in [2.45, 2.75) is 43.7 Å². The van der Waals surface area contributed by atoms with Crippen molar-refractivity contribution >= 4 is 0 Å². The van der Waals surface area contributed by atoms with E-state index < -0.39 is 37.3 Å². The Morgan fingerprint density at radius 1 is 0.875 bits per heavy atom. The first-order valence-electron chi connectivity index (χ1n) is 10.4. The molecule has 2 aromatic carbocycles. The second-order valence-electron chi connectivity index (χ2n) is 7.58. The van der Waals surface area contributed by atoms with Crippen LogP contribution in [0.3, 0.4) is 0 Å². The molecule has 5 N–H and O–H groups in total. The summed E-state index contributed by atoms with van der Waals surface area (Å²) in [4.78, 5) is 0. The molecule has 1 aliphatic rings. The third kappa shape index (κ3) is 5.89. The molecule has 1 saturated heterocycles. The molecule has 0 bridgehead atoms. The first kappa shape index (κ1) is 24.2. The van der Waals surface area contributed by atoms with Gasteiger partial charge in [-0.15, -0.1) is 0 Å². The summed E-state index contributed by atoms with van der Waals surface area (Å²) in [5.41, 5.74) is 2.18. The molecule has 0 spiro atoms. The predicted molar refractivity (Wildman–Crippen MR) is 116 cm³/mol. The van der Waals surface area contributed by atoms with Crippen LogP contribution in [-0.2, 0) is 17.7 Å². The Morgan fingerprint density at radius 2 is 1.56 bits per heavy atom. The van der Waals surface area contributed by atoms with Gasteiger partial charge in [0, 0.05) is 6.54 Å². The lowest BCUT2D eigenvalue weighted by Gasteiger charge is -2.39. The first-order chi connectivity index (χ1) is 15.5. The third-order valence-electron chi connectivity index (χ3n) is 5.39. The molecule has 2 aromatic rings. The van der Waals surface area contributed by atoms with Crippen LogP contribution < -0.4 is 19.5 Å². The minimum Gasteiger partial charge on any atom is -0.493 e. The Morgan fingerprint density at radius 3 is 2.22 bits per heavy atom. The van der Waals surface area contributed by atoms with Crippen LogP contribution in [-0.4, -0.2) is 78.5 Å². The first-order valence-corrected chi connectivity index (χ1v) is 10.4. The zero-order valence-electron chi connectivity index (χ0n) is 18.2. The van der Waals surface area contributed by atoms with Gasteiger partial charge in [-0.25, -0.2) is 0 Å². The summed E-state index contributed by atoms with van der Waals surface area (Å²) in [6.45, 7) is 0.958. The van der Waals surface area contributed by atoms with Crippen molar-refractivity contribution in [3.8, 4) is 17.2 Å². The van der Waals surface area contributed by atoms with Crippen molar-refractivity contribution in [1.82, 2.24) is 5.32 Å². The number of aliphatic hydroxyl groups is 4. The van der Waals surface area contributed by atoms with Crippen LogP contribution in [0.4, 0.5) is 0 Å². The molecule has 1 aliphatic heterocycles. The summed E-state index contributed by atoms with van der Waals surface area (Å²) >= 11 is 0. The van der Waals surface area contributed by atoms with Gasteiger partial charge in [0.2, 0.25) is 6.29 Å². The van der Waals surface area contributed by atoms with Gasteiger partial charge in [0.15, 0.2) is 11.5 Å². The van der Waals surface area contributed by atoms with Gasteiger partial charge in [0.05, 0.1) is 20.8 Å². The maximum Gasteiger partial charge on any atom is 0.229 e. The zero-order chi connectivity index (χ0) is 23.1. The van der Waals surface area contributed by atoms with Gasteiger partial charge < -0.3 is 44.7 Å². The zero-order valence-corrected chi connectivity index (χ0v) is 18.2. The van der Waals surface area contributed by atoms with Crippen LogP contribution in [0.1, 0.15) is 11.1 Å². The standard InChI is InChI=1S/C23H31NO8/c1-29-17-8-5-15(11-18(17)30-2)12-24-10-9-14-3-6-16(7-4-14)31-23-22(28)21(27)20(26)19(13-25)32-23/h3-8,11,19-28H,9-10,12-13H2,1-2H3/t19-,20-,21-,22+,23-/m1/s1. The van der Waals surface area contributed by atoms with Gasteiger partial charge >= 0.3 is 0 Å². The number of hydrogen-bond acceptors (Lipinski definition) is 9. The van der Waals surface area contributed by atoms with E-state index in [1.807, 2.05) is 30.3 Å². The number of methoxy groups -OCH3 is 2. The quantitative estimate of drug-likeness (QED) is 0.323. The number of rotatable bonds is 10. The lowest BCUT2D eigenvalue weighted by atomic mass is 9.99. The molecular formula is C23H31NO8. The lowest BCUT2D eigenvalue weighted by Crippen LogP contribution is -2.60. The Balaban J connectivity index is 1.47. The molecule has 0 aromatic heterocycles. The second-order valence-corrected chi connectivity index (χ2v) is 7.58. The van der Waals surface area contributed by atoms with Crippen LogP contribution >= 0.6 is 0 Å². The summed E-state index contributed by atoms with van der Waals surface area (Å²) < 4.78 is 21.5. The molecular weight excluding hydrogens is 418 g/mol. The number of nitrogens with one attached hydrogen (secondary N) is 1. The fourth-order valence-corrected chi connectivity index (χ4v) is 3.49. The molecule has 5 atom stereocenters. The maximum absolute atomic E-state index is 10.1. The van der Waals surface area contributed by atoms with Crippen molar-refractivity contribution in [1.29, 1.82) is 0 Å². The van der Waals surface area contributed by atoms with Gasteiger partial charge in [0.25, 0.3) is 0 Å². The van der Waals surface area contributed by atoms with Gasteiger partial charge in [0.1, 0.15) is 30.2 Å². The highest BCUT2D eigenvalue weighted by Gasteiger charge is 2.44. The summed E-state index contributed by atoms with van der Waals surface area (Å²) in [6.07, 6.45) is -5.72. The summed E-state index contributed by atoms with van der Waals surface area (Å²) in [5.74, 6) is 1.83. The van der Waals surface area contributed by atoms with Crippen molar-refractivity contribution in [3.63, 3.8) is 0 Å². The third-order valence-corrected chi connectivity index (χ3v) is 5.39. The van der Waals surface area contributed by atoms with E-state index in [0.717, 1.165) is 24.1 Å². The van der Waals surface area contributed by atoms with E-state index in [1.54, 1.807) is 26.4 Å². The molecule has 0 unspecified atom stereocenters. The van der Waals surface area contributed by atoms with Gasteiger partial charge in [-0.3, -0.25) is 0 Å². The van der Waals surface area contributed by atoms with Crippen molar-refractivity contribution < 1.29 is 39.4 Å². The van der Waals surface area contributed by atoms with E-state index in [-0.39, 0.29) is 0 Å². The van der Waals surface area contributed by atoms with Crippen LogP contribution in [0.5, 0.6) is 17.2 Å². The molecule has 0 radical (unpaired) electrons. The molecule has 32 heavy (non-hydrogen) atoms. The molecule has 9 nitrogen and oxygen atoms in total. The smallest absolute Gasteiger partial charge is 0.229 e. The molecule has 0 saturated carbocycles. The van der Waals surface area contributed by atoms with Crippen molar-refractivity contribution in [2.24, 2.45) is 0 Å². The predicted octanol–water partition coefficient (Wildman–Crippen LogP) is 0.215. The second kappa shape index (κ2) is 11.5. The highest BCUT2D eigenvalue weighted by atomic mass is 16.7.